The van der Waals surface area contributed by atoms with Gasteiger partial charge in [-0.1, -0.05) is 55.4 Å². The molecule has 0 unspecified atom stereocenters. The fourth-order valence-corrected chi connectivity index (χ4v) is 2.59. The molecule has 0 aliphatic rings. The smallest absolute Gasteiger partial charge is 0.418 e. The van der Waals surface area contributed by atoms with Crippen LogP contribution in [0.3, 0.4) is 0 Å². The highest BCUT2D eigenvalue weighted by molar-refractivity contribution is 7.33. The predicted molar refractivity (Wildman–Crippen MR) is 86.7 cm³/mol. The Morgan fingerprint density at radius 2 is 1.05 bits per heavy atom. The van der Waals surface area contributed by atoms with E-state index in [-0.39, 0.29) is 11.8 Å². The molecule has 0 spiro atoms. The second-order valence-corrected chi connectivity index (χ2v) is 7.30. The topological polar surface area (TPSA) is 35.5 Å². The van der Waals surface area contributed by atoms with Crippen molar-refractivity contribution < 1.29 is 13.6 Å². The molecule has 0 heterocycles. The van der Waals surface area contributed by atoms with Gasteiger partial charge in [0.25, 0.3) is 0 Å². The number of allylic oxidation sites excluding steroid dienone is 4. The minimum atomic E-state index is -2.55. The Labute approximate surface area is 125 Å². The zero-order valence-corrected chi connectivity index (χ0v) is 15.2. The van der Waals surface area contributed by atoms with E-state index in [1.54, 1.807) is 0 Å². The van der Waals surface area contributed by atoms with Gasteiger partial charge in [0.1, 0.15) is 11.5 Å². The van der Waals surface area contributed by atoms with Crippen molar-refractivity contribution in [3.8, 4) is 0 Å². The molecular weight excluding hydrogens is 271 g/mol. The van der Waals surface area contributed by atoms with Gasteiger partial charge in [-0.05, 0) is 24.0 Å². The first-order valence-electron chi connectivity index (χ1n) is 7.46. The lowest BCUT2D eigenvalue weighted by molar-refractivity contribution is 0.274. The van der Waals surface area contributed by atoms with Crippen LogP contribution in [0.25, 0.3) is 0 Å². The van der Waals surface area contributed by atoms with Crippen LogP contribution in [0, 0.1) is 23.7 Å². The van der Waals surface area contributed by atoms with Gasteiger partial charge in [-0.15, -0.1) is 0 Å². The van der Waals surface area contributed by atoms with Gasteiger partial charge in [-0.2, -0.15) is 0 Å². The Kier molecular flexibility index (Phi) is 8.96. The molecule has 0 aliphatic carbocycles. The molecule has 0 bridgehead atoms. The summed E-state index contributed by atoms with van der Waals surface area (Å²) in [5.41, 5.74) is 0. The molecule has 0 saturated heterocycles. The third-order valence-electron chi connectivity index (χ3n) is 2.54. The molecular formula is C16H31O3P. The summed E-state index contributed by atoms with van der Waals surface area (Å²) in [6.07, 6.45) is 4.00. The van der Waals surface area contributed by atoms with Crippen molar-refractivity contribution >= 4 is 8.25 Å². The monoisotopic (exact) mass is 302 g/mol. The molecule has 0 aromatic heterocycles. The van der Waals surface area contributed by atoms with Crippen LogP contribution in [0.15, 0.2) is 23.7 Å². The molecule has 0 N–H and O–H groups in total. The van der Waals surface area contributed by atoms with Crippen LogP contribution in [0.4, 0.5) is 0 Å². The SMILES string of the molecule is CC(C)C=C(O[PH](=O)OC(=CC(C)C)C(C)C)C(C)C. The summed E-state index contributed by atoms with van der Waals surface area (Å²) in [6.45, 7) is 16.4. The Morgan fingerprint density at radius 3 is 1.25 bits per heavy atom. The summed E-state index contributed by atoms with van der Waals surface area (Å²) < 4.78 is 23.2. The van der Waals surface area contributed by atoms with Crippen LogP contribution in [0.2, 0.25) is 0 Å². The van der Waals surface area contributed by atoms with Crippen molar-refractivity contribution in [1.29, 1.82) is 0 Å². The molecule has 3 nitrogen and oxygen atoms in total. The Morgan fingerprint density at radius 1 is 0.750 bits per heavy atom. The maximum atomic E-state index is 12.1. The van der Waals surface area contributed by atoms with E-state index in [1.807, 2.05) is 39.8 Å². The fraction of sp³-hybridized carbons (Fsp3) is 0.750. The zero-order valence-electron chi connectivity index (χ0n) is 14.2. The van der Waals surface area contributed by atoms with Crippen LogP contribution >= 0.6 is 8.25 Å². The molecule has 0 amide bonds. The average molecular weight is 302 g/mol. The van der Waals surface area contributed by atoms with Crippen LogP contribution in [0.1, 0.15) is 55.4 Å². The maximum Gasteiger partial charge on any atom is 0.418 e. The highest BCUT2D eigenvalue weighted by Crippen LogP contribution is 2.36. The van der Waals surface area contributed by atoms with E-state index in [0.29, 0.717) is 11.8 Å². The number of hydrogen-bond acceptors (Lipinski definition) is 3. The zero-order chi connectivity index (χ0) is 15.9. The van der Waals surface area contributed by atoms with Crippen molar-refractivity contribution in [2.75, 3.05) is 0 Å². The van der Waals surface area contributed by atoms with Crippen molar-refractivity contribution in [2.45, 2.75) is 55.4 Å². The van der Waals surface area contributed by atoms with Gasteiger partial charge in [-0.25, -0.2) is 4.57 Å². The fourth-order valence-electron chi connectivity index (χ4n) is 1.56. The van der Waals surface area contributed by atoms with Crippen molar-refractivity contribution in [1.82, 2.24) is 0 Å². The second kappa shape index (κ2) is 9.28. The summed E-state index contributed by atoms with van der Waals surface area (Å²) >= 11 is 0. The average Bonchev–Trinajstić information content (AvgIpc) is 2.25. The number of rotatable bonds is 8. The molecule has 0 rings (SSSR count). The van der Waals surface area contributed by atoms with Gasteiger partial charge < -0.3 is 9.05 Å². The van der Waals surface area contributed by atoms with Gasteiger partial charge in [0.15, 0.2) is 0 Å². The summed E-state index contributed by atoms with van der Waals surface area (Å²) in [5, 5.41) is 0. The molecule has 0 aromatic rings. The van der Waals surface area contributed by atoms with E-state index in [9.17, 15) is 4.57 Å². The van der Waals surface area contributed by atoms with E-state index < -0.39 is 8.25 Å². The Balaban J connectivity index is 4.83. The first-order valence-corrected chi connectivity index (χ1v) is 8.69. The minimum absolute atomic E-state index is 0.200. The highest BCUT2D eigenvalue weighted by Gasteiger charge is 2.14. The molecule has 4 heteroatoms. The van der Waals surface area contributed by atoms with Crippen LogP contribution in [-0.4, -0.2) is 0 Å². The summed E-state index contributed by atoms with van der Waals surface area (Å²) in [5.74, 6) is 2.61. The summed E-state index contributed by atoms with van der Waals surface area (Å²) in [7, 11) is -2.55. The van der Waals surface area contributed by atoms with Gasteiger partial charge in [0, 0.05) is 11.8 Å². The standard InChI is InChI=1S/C16H31O3P/c1-11(2)9-15(13(5)6)18-20(17)19-16(14(7)8)10-12(3)4/h9-14,20H,1-8H3. The first-order chi connectivity index (χ1) is 9.13. The normalized spacial score (nSPS) is 15.4. The Bertz CT molecular complexity index is 332. The molecule has 0 saturated carbocycles. The first kappa shape index (κ1) is 19.3. The number of hydrogen-bond donors (Lipinski definition) is 0. The van der Waals surface area contributed by atoms with Gasteiger partial charge in [0.05, 0.1) is 0 Å². The summed E-state index contributed by atoms with van der Waals surface area (Å²) in [4.78, 5) is 0. The third kappa shape index (κ3) is 8.47. The molecule has 20 heavy (non-hydrogen) atoms. The lowest BCUT2D eigenvalue weighted by atomic mass is 10.1. The Hall–Kier alpha value is -0.690. The van der Waals surface area contributed by atoms with Crippen LogP contribution in [-0.2, 0) is 13.6 Å². The third-order valence-corrected chi connectivity index (χ3v) is 3.34. The van der Waals surface area contributed by atoms with Gasteiger partial charge in [-0.3, -0.25) is 0 Å². The van der Waals surface area contributed by atoms with Crippen molar-refractivity contribution in [2.24, 2.45) is 23.7 Å². The van der Waals surface area contributed by atoms with E-state index in [1.165, 1.54) is 0 Å². The predicted octanol–water partition coefficient (Wildman–Crippen LogP) is 5.80. The molecule has 0 aliphatic heterocycles. The van der Waals surface area contributed by atoms with Gasteiger partial charge >= 0.3 is 8.25 Å². The van der Waals surface area contributed by atoms with Crippen LogP contribution < -0.4 is 0 Å². The largest absolute Gasteiger partial charge is 0.423 e. The van der Waals surface area contributed by atoms with E-state index in [2.05, 4.69) is 27.7 Å². The van der Waals surface area contributed by atoms with E-state index >= 15 is 0 Å². The summed E-state index contributed by atoms with van der Waals surface area (Å²) in [6, 6.07) is 0. The quantitative estimate of drug-likeness (QED) is 0.420. The van der Waals surface area contributed by atoms with Crippen LogP contribution in [0.5, 0.6) is 0 Å². The molecule has 0 fully saturated rings. The molecule has 0 atom stereocenters. The van der Waals surface area contributed by atoms with Crippen molar-refractivity contribution in [3.63, 3.8) is 0 Å². The van der Waals surface area contributed by atoms with E-state index in [4.69, 9.17) is 9.05 Å². The molecule has 0 aromatic carbocycles. The molecule has 0 radical (unpaired) electrons. The van der Waals surface area contributed by atoms with E-state index in [0.717, 1.165) is 11.5 Å². The van der Waals surface area contributed by atoms with Gasteiger partial charge in [0.2, 0.25) is 0 Å². The lowest BCUT2D eigenvalue weighted by Crippen LogP contribution is -2.01. The van der Waals surface area contributed by atoms with Crippen molar-refractivity contribution in [3.05, 3.63) is 23.7 Å². The molecule has 118 valence electrons. The second-order valence-electron chi connectivity index (χ2n) is 6.39. The lowest BCUT2D eigenvalue weighted by Gasteiger charge is -2.18. The minimum Gasteiger partial charge on any atom is -0.423 e. The highest BCUT2D eigenvalue weighted by atomic mass is 31.1. The maximum absolute atomic E-state index is 12.1.